The van der Waals surface area contributed by atoms with Gasteiger partial charge < -0.3 is 10.2 Å². The van der Waals surface area contributed by atoms with Crippen LogP contribution in [0.3, 0.4) is 0 Å². The van der Waals surface area contributed by atoms with E-state index in [0.29, 0.717) is 16.9 Å². The predicted molar refractivity (Wildman–Crippen MR) is 99.4 cm³/mol. The molecular formula is C20H19FN4O2. The molecule has 1 N–H and O–H groups in total. The Hall–Kier alpha value is -3.22. The molecule has 1 aliphatic heterocycles. The van der Waals surface area contributed by atoms with E-state index < -0.39 is 11.9 Å². The zero-order valence-electron chi connectivity index (χ0n) is 14.9. The molecule has 0 bridgehead atoms. The predicted octanol–water partition coefficient (Wildman–Crippen LogP) is 3.27. The van der Waals surface area contributed by atoms with E-state index in [1.807, 2.05) is 4.90 Å². The number of hydrogen-bond acceptors (Lipinski definition) is 3. The Labute approximate surface area is 155 Å². The van der Waals surface area contributed by atoms with E-state index in [4.69, 9.17) is 0 Å². The summed E-state index contributed by atoms with van der Waals surface area (Å²) in [6.07, 6.45) is 3.57. The van der Waals surface area contributed by atoms with Gasteiger partial charge in [-0.05, 0) is 55.7 Å². The van der Waals surface area contributed by atoms with Crippen LogP contribution in [-0.2, 0) is 0 Å². The molecule has 1 aliphatic rings. The van der Waals surface area contributed by atoms with Crippen molar-refractivity contribution < 1.29 is 14.0 Å². The van der Waals surface area contributed by atoms with Crippen molar-refractivity contribution in [1.29, 1.82) is 0 Å². The monoisotopic (exact) mass is 366 g/mol. The fraction of sp³-hybridized carbons (Fsp3) is 0.250. The number of aromatic nitrogens is 2. The molecule has 27 heavy (non-hydrogen) atoms. The van der Waals surface area contributed by atoms with Crippen LogP contribution in [0.15, 0.2) is 42.6 Å². The van der Waals surface area contributed by atoms with Crippen LogP contribution in [0.4, 0.5) is 10.1 Å². The molecule has 138 valence electrons. The van der Waals surface area contributed by atoms with Crippen LogP contribution in [0, 0.1) is 12.9 Å². The second-order valence-electron chi connectivity index (χ2n) is 6.66. The number of benzene rings is 1. The summed E-state index contributed by atoms with van der Waals surface area (Å²) < 4.78 is 15.6. The van der Waals surface area contributed by atoms with Gasteiger partial charge in [0.05, 0.1) is 0 Å². The number of pyridine rings is 1. The van der Waals surface area contributed by atoms with Gasteiger partial charge >= 0.3 is 0 Å². The topological polar surface area (TPSA) is 66.7 Å². The van der Waals surface area contributed by atoms with Gasteiger partial charge in [0.25, 0.3) is 11.8 Å². The fourth-order valence-electron chi connectivity index (χ4n) is 3.33. The average Bonchev–Trinajstić information content (AvgIpc) is 3.31. The number of hydrogen-bond donors (Lipinski definition) is 1. The summed E-state index contributed by atoms with van der Waals surface area (Å²) in [5.41, 5.74) is 1.94. The largest absolute Gasteiger partial charge is 0.339 e. The van der Waals surface area contributed by atoms with E-state index in [1.165, 1.54) is 10.6 Å². The molecule has 1 aromatic carbocycles. The molecule has 6 nitrogen and oxygen atoms in total. The molecule has 4 rings (SSSR count). The lowest BCUT2D eigenvalue weighted by Gasteiger charge is -2.16. The number of rotatable bonds is 3. The lowest BCUT2D eigenvalue weighted by atomic mass is 10.1. The Balaban J connectivity index is 1.55. The number of fused-ring (bicyclic) bond motifs is 1. The summed E-state index contributed by atoms with van der Waals surface area (Å²) in [5.74, 6) is -1.33. The molecule has 7 heteroatoms. The van der Waals surface area contributed by atoms with Crippen molar-refractivity contribution in [2.75, 3.05) is 18.4 Å². The normalized spacial score (nSPS) is 13.9. The Morgan fingerprint density at radius 2 is 1.93 bits per heavy atom. The van der Waals surface area contributed by atoms with Crippen LogP contribution < -0.4 is 5.32 Å². The summed E-state index contributed by atoms with van der Waals surface area (Å²) in [6.45, 7) is 3.36. The summed E-state index contributed by atoms with van der Waals surface area (Å²) in [5, 5.41) is 2.68. The van der Waals surface area contributed by atoms with Gasteiger partial charge in [-0.15, -0.1) is 0 Å². The highest BCUT2D eigenvalue weighted by Gasteiger charge is 2.22. The number of imidazole rings is 1. The number of carbonyl (C=O) groups is 2. The molecular weight excluding hydrogens is 347 g/mol. The van der Waals surface area contributed by atoms with E-state index in [9.17, 15) is 14.0 Å². The Bertz CT molecular complexity index is 1040. The zero-order chi connectivity index (χ0) is 19.0. The zero-order valence-corrected chi connectivity index (χ0v) is 14.9. The van der Waals surface area contributed by atoms with Crippen molar-refractivity contribution in [1.82, 2.24) is 14.3 Å². The molecule has 0 atom stereocenters. The van der Waals surface area contributed by atoms with Gasteiger partial charge in [-0.3, -0.25) is 14.0 Å². The molecule has 0 radical (unpaired) electrons. The van der Waals surface area contributed by atoms with Gasteiger partial charge in [0.15, 0.2) is 5.69 Å². The minimum Gasteiger partial charge on any atom is -0.339 e. The van der Waals surface area contributed by atoms with Gasteiger partial charge in [-0.25, -0.2) is 4.98 Å². The first-order valence-electron chi connectivity index (χ1n) is 8.88. The van der Waals surface area contributed by atoms with Gasteiger partial charge in [-0.2, -0.15) is 4.39 Å². The first-order valence-corrected chi connectivity index (χ1v) is 8.88. The molecule has 2 aromatic heterocycles. The van der Waals surface area contributed by atoms with Crippen LogP contribution >= 0.6 is 0 Å². The van der Waals surface area contributed by atoms with Crippen molar-refractivity contribution in [2.45, 2.75) is 19.8 Å². The lowest BCUT2D eigenvalue weighted by molar-refractivity contribution is 0.0792. The Morgan fingerprint density at radius 1 is 1.15 bits per heavy atom. The third kappa shape index (κ3) is 3.16. The maximum absolute atomic E-state index is 14.4. The number of halogens is 1. The summed E-state index contributed by atoms with van der Waals surface area (Å²) >= 11 is 0. The summed E-state index contributed by atoms with van der Waals surface area (Å²) in [6, 6.07) is 10.1. The fourth-order valence-corrected chi connectivity index (χ4v) is 3.33. The van der Waals surface area contributed by atoms with Gasteiger partial charge in [0, 0.05) is 30.5 Å². The summed E-state index contributed by atoms with van der Waals surface area (Å²) in [4.78, 5) is 30.8. The molecule has 0 unspecified atom stereocenters. The maximum atomic E-state index is 14.4. The van der Waals surface area contributed by atoms with Crippen LogP contribution in [0.1, 0.15) is 39.3 Å². The Morgan fingerprint density at radius 3 is 2.63 bits per heavy atom. The molecule has 0 saturated carbocycles. The highest BCUT2D eigenvalue weighted by atomic mass is 19.1. The van der Waals surface area contributed by atoms with E-state index >= 15 is 0 Å². The smallest absolute Gasteiger partial charge is 0.279 e. The van der Waals surface area contributed by atoms with Crippen LogP contribution in [0.2, 0.25) is 0 Å². The van der Waals surface area contributed by atoms with Crippen molar-refractivity contribution >= 4 is 23.1 Å². The van der Waals surface area contributed by atoms with E-state index in [1.54, 1.807) is 43.3 Å². The van der Waals surface area contributed by atoms with Gasteiger partial charge in [-0.1, -0.05) is 6.07 Å². The quantitative estimate of drug-likeness (QED) is 0.774. The number of aryl methyl sites for hydroxylation is 1. The minimum atomic E-state index is -0.707. The minimum absolute atomic E-state index is 0.000119. The number of carbonyl (C=O) groups excluding carboxylic acids is 2. The molecule has 0 aliphatic carbocycles. The molecule has 1 saturated heterocycles. The molecule has 0 spiro atoms. The number of likely N-dealkylation sites (tertiary alicyclic amines) is 1. The van der Waals surface area contributed by atoms with Gasteiger partial charge in [0.2, 0.25) is 5.95 Å². The first kappa shape index (κ1) is 17.2. The van der Waals surface area contributed by atoms with Crippen LogP contribution in [-0.4, -0.2) is 39.2 Å². The number of amides is 2. The first-order chi connectivity index (χ1) is 13.0. The van der Waals surface area contributed by atoms with Crippen molar-refractivity contribution in [3.63, 3.8) is 0 Å². The lowest BCUT2D eigenvalue weighted by Crippen LogP contribution is -2.27. The maximum Gasteiger partial charge on any atom is 0.279 e. The van der Waals surface area contributed by atoms with Gasteiger partial charge in [0.1, 0.15) is 5.65 Å². The highest BCUT2D eigenvalue weighted by molar-refractivity contribution is 6.04. The number of nitrogens with zero attached hydrogens (tertiary/aromatic N) is 3. The second kappa shape index (κ2) is 6.83. The standard InChI is InChI=1S/C20H19FN4O2/c1-13-12-14(20(27)24-9-4-5-10-24)7-8-15(13)22-19(26)17-18(21)25-11-3-2-6-16(25)23-17/h2-3,6-8,11-12H,4-5,9-10H2,1H3,(H,22,26). The van der Waals surface area contributed by atoms with Crippen molar-refractivity contribution in [2.24, 2.45) is 0 Å². The van der Waals surface area contributed by atoms with Crippen molar-refractivity contribution in [3.8, 4) is 0 Å². The van der Waals surface area contributed by atoms with E-state index in [-0.39, 0.29) is 11.6 Å². The van der Waals surface area contributed by atoms with Crippen molar-refractivity contribution in [3.05, 3.63) is 65.4 Å². The SMILES string of the molecule is Cc1cc(C(=O)N2CCCC2)ccc1NC(=O)c1nc2ccccn2c1F. The third-order valence-corrected chi connectivity index (χ3v) is 4.80. The molecule has 2 amide bonds. The summed E-state index contributed by atoms with van der Waals surface area (Å²) in [7, 11) is 0. The molecule has 1 fully saturated rings. The molecule has 3 heterocycles. The third-order valence-electron chi connectivity index (χ3n) is 4.80. The average molecular weight is 366 g/mol. The van der Waals surface area contributed by atoms with E-state index in [2.05, 4.69) is 10.3 Å². The van der Waals surface area contributed by atoms with Crippen LogP contribution in [0.5, 0.6) is 0 Å². The second-order valence-corrected chi connectivity index (χ2v) is 6.66. The number of nitrogens with one attached hydrogen (secondary N) is 1. The molecule has 3 aromatic rings. The van der Waals surface area contributed by atoms with E-state index in [0.717, 1.165) is 31.5 Å². The highest BCUT2D eigenvalue weighted by Crippen LogP contribution is 2.21. The number of anilines is 1. The van der Waals surface area contributed by atoms with Crippen LogP contribution in [0.25, 0.3) is 5.65 Å². The Kier molecular flexibility index (Phi) is 4.35.